The zero-order chi connectivity index (χ0) is 11.9. The summed E-state index contributed by atoms with van der Waals surface area (Å²) >= 11 is 0. The van der Waals surface area contributed by atoms with Crippen molar-refractivity contribution in [2.75, 3.05) is 6.61 Å². The monoisotopic (exact) mass is 232 g/mol. The maximum absolute atomic E-state index is 11.1. The maximum atomic E-state index is 11.1. The Morgan fingerprint density at radius 1 is 1.24 bits per heavy atom. The predicted octanol–water partition coefficient (Wildman–Crippen LogP) is 3.35. The number of hydrogen-bond donors (Lipinski definition) is 0. The van der Waals surface area contributed by atoms with Gasteiger partial charge in [-0.3, -0.25) is 4.79 Å². The largest absolute Gasteiger partial charge is 0.377 e. The SMILES string of the molecule is O=C1CCC(CCCOCc2ccccc2)C1. The van der Waals surface area contributed by atoms with Gasteiger partial charge < -0.3 is 4.74 Å². The van der Waals surface area contributed by atoms with E-state index in [0.29, 0.717) is 18.3 Å². The van der Waals surface area contributed by atoms with Crippen LogP contribution < -0.4 is 0 Å². The first-order chi connectivity index (χ1) is 8.34. The van der Waals surface area contributed by atoms with Gasteiger partial charge in [-0.15, -0.1) is 0 Å². The lowest BCUT2D eigenvalue weighted by Crippen LogP contribution is -2.00. The molecule has 0 amide bonds. The van der Waals surface area contributed by atoms with Crippen molar-refractivity contribution in [3.05, 3.63) is 35.9 Å². The molecule has 0 radical (unpaired) electrons. The number of benzene rings is 1. The molecule has 2 nitrogen and oxygen atoms in total. The van der Waals surface area contributed by atoms with Crippen LogP contribution in [0.25, 0.3) is 0 Å². The zero-order valence-electron chi connectivity index (χ0n) is 10.2. The third-order valence-electron chi connectivity index (χ3n) is 3.36. The lowest BCUT2D eigenvalue weighted by atomic mass is 10.0. The molecule has 1 aromatic rings. The fourth-order valence-electron chi connectivity index (χ4n) is 2.38. The maximum Gasteiger partial charge on any atom is 0.133 e. The molecule has 0 aromatic heterocycles. The molecule has 0 aliphatic heterocycles. The standard InChI is InChI=1S/C15H20O2/c16-15-9-8-13(11-15)7-4-10-17-12-14-5-2-1-3-6-14/h1-3,5-6,13H,4,7-12H2. The molecule has 1 fully saturated rings. The quantitative estimate of drug-likeness (QED) is 0.703. The van der Waals surface area contributed by atoms with Crippen LogP contribution >= 0.6 is 0 Å². The fraction of sp³-hybridized carbons (Fsp3) is 0.533. The van der Waals surface area contributed by atoms with Gasteiger partial charge in [0.1, 0.15) is 5.78 Å². The van der Waals surface area contributed by atoms with Crippen LogP contribution in [0.2, 0.25) is 0 Å². The highest BCUT2D eigenvalue weighted by molar-refractivity contribution is 5.80. The van der Waals surface area contributed by atoms with Crippen LogP contribution in [0.3, 0.4) is 0 Å². The van der Waals surface area contributed by atoms with E-state index in [9.17, 15) is 4.79 Å². The normalized spacial score (nSPS) is 19.8. The van der Waals surface area contributed by atoms with Crippen molar-refractivity contribution in [3.8, 4) is 0 Å². The molecular weight excluding hydrogens is 212 g/mol. The molecule has 1 aromatic carbocycles. The summed E-state index contributed by atoms with van der Waals surface area (Å²) in [5.41, 5.74) is 1.23. The van der Waals surface area contributed by atoms with Crippen molar-refractivity contribution in [1.82, 2.24) is 0 Å². The molecular formula is C15H20O2. The summed E-state index contributed by atoms with van der Waals surface area (Å²) in [7, 11) is 0. The molecule has 0 spiro atoms. The van der Waals surface area contributed by atoms with E-state index in [1.807, 2.05) is 18.2 Å². The van der Waals surface area contributed by atoms with E-state index in [0.717, 1.165) is 38.7 Å². The molecule has 2 rings (SSSR count). The zero-order valence-corrected chi connectivity index (χ0v) is 10.2. The molecule has 17 heavy (non-hydrogen) atoms. The topological polar surface area (TPSA) is 26.3 Å². The predicted molar refractivity (Wildman–Crippen MR) is 67.7 cm³/mol. The van der Waals surface area contributed by atoms with E-state index in [-0.39, 0.29) is 0 Å². The van der Waals surface area contributed by atoms with Gasteiger partial charge in [0.2, 0.25) is 0 Å². The number of hydrogen-bond acceptors (Lipinski definition) is 2. The molecule has 0 saturated heterocycles. The summed E-state index contributed by atoms with van der Waals surface area (Å²) in [5, 5.41) is 0. The summed E-state index contributed by atoms with van der Waals surface area (Å²) in [5.74, 6) is 1.07. The molecule has 1 aliphatic carbocycles. The summed E-state index contributed by atoms with van der Waals surface area (Å²) < 4.78 is 5.62. The van der Waals surface area contributed by atoms with Crippen LogP contribution in [0.5, 0.6) is 0 Å². The van der Waals surface area contributed by atoms with Crippen molar-refractivity contribution >= 4 is 5.78 Å². The Hall–Kier alpha value is -1.15. The Morgan fingerprint density at radius 2 is 2.06 bits per heavy atom. The van der Waals surface area contributed by atoms with E-state index in [4.69, 9.17) is 4.74 Å². The molecule has 1 atom stereocenters. The number of Topliss-reactive ketones (excluding diaryl/α,β-unsaturated/α-hetero) is 1. The summed E-state index contributed by atoms with van der Waals surface area (Å²) in [6.07, 6.45) is 4.91. The number of carbonyl (C=O) groups excluding carboxylic acids is 1. The van der Waals surface area contributed by atoms with Crippen molar-refractivity contribution in [1.29, 1.82) is 0 Å². The summed E-state index contributed by atoms with van der Waals surface area (Å²) in [6, 6.07) is 10.2. The Morgan fingerprint density at radius 3 is 2.76 bits per heavy atom. The van der Waals surface area contributed by atoms with Gasteiger partial charge in [0, 0.05) is 19.4 Å². The first kappa shape index (κ1) is 12.3. The first-order valence-electron chi connectivity index (χ1n) is 6.48. The molecule has 1 saturated carbocycles. The van der Waals surface area contributed by atoms with Crippen molar-refractivity contribution < 1.29 is 9.53 Å². The molecule has 1 aliphatic rings. The van der Waals surface area contributed by atoms with Gasteiger partial charge in [-0.25, -0.2) is 0 Å². The van der Waals surface area contributed by atoms with E-state index in [1.54, 1.807) is 0 Å². The average Bonchev–Trinajstić information content (AvgIpc) is 2.76. The van der Waals surface area contributed by atoms with Gasteiger partial charge in [0.15, 0.2) is 0 Å². The molecule has 92 valence electrons. The van der Waals surface area contributed by atoms with Crippen LogP contribution in [0.15, 0.2) is 30.3 Å². The van der Waals surface area contributed by atoms with Crippen LogP contribution in [-0.4, -0.2) is 12.4 Å². The van der Waals surface area contributed by atoms with E-state index < -0.39 is 0 Å². The third kappa shape index (κ3) is 4.31. The fourth-order valence-corrected chi connectivity index (χ4v) is 2.38. The average molecular weight is 232 g/mol. The van der Waals surface area contributed by atoms with E-state index in [2.05, 4.69) is 12.1 Å². The van der Waals surface area contributed by atoms with Crippen LogP contribution in [0.1, 0.15) is 37.7 Å². The number of ether oxygens (including phenoxy) is 1. The van der Waals surface area contributed by atoms with Gasteiger partial charge in [0.25, 0.3) is 0 Å². The second kappa shape index (κ2) is 6.55. The van der Waals surface area contributed by atoms with E-state index >= 15 is 0 Å². The van der Waals surface area contributed by atoms with Crippen LogP contribution in [0.4, 0.5) is 0 Å². The smallest absolute Gasteiger partial charge is 0.133 e. The second-order valence-electron chi connectivity index (χ2n) is 4.83. The van der Waals surface area contributed by atoms with Gasteiger partial charge in [-0.05, 0) is 30.7 Å². The van der Waals surface area contributed by atoms with Crippen molar-refractivity contribution in [2.45, 2.75) is 38.7 Å². The van der Waals surface area contributed by atoms with E-state index in [1.165, 1.54) is 5.56 Å². The number of carbonyl (C=O) groups is 1. The minimum absolute atomic E-state index is 0.445. The first-order valence-corrected chi connectivity index (χ1v) is 6.48. The molecule has 0 bridgehead atoms. The van der Waals surface area contributed by atoms with Gasteiger partial charge in [0.05, 0.1) is 6.61 Å². The van der Waals surface area contributed by atoms with Crippen LogP contribution in [-0.2, 0) is 16.1 Å². The molecule has 2 heteroatoms. The lowest BCUT2D eigenvalue weighted by Gasteiger charge is -2.08. The molecule has 0 heterocycles. The Bertz CT molecular complexity index is 345. The summed E-state index contributed by atoms with van der Waals surface area (Å²) in [6.45, 7) is 1.50. The minimum Gasteiger partial charge on any atom is -0.377 e. The van der Waals surface area contributed by atoms with Gasteiger partial charge in [-0.1, -0.05) is 30.3 Å². The lowest BCUT2D eigenvalue weighted by molar-refractivity contribution is -0.117. The third-order valence-corrected chi connectivity index (χ3v) is 3.36. The Balaban J connectivity index is 1.53. The van der Waals surface area contributed by atoms with Crippen LogP contribution in [0, 0.1) is 5.92 Å². The molecule has 0 N–H and O–H groups in total. The van der Waals surface area contributed by atoms with Gasteiger partial charge in [-0.2, -0.15) is 0 Å². The van der Waals surface area contributed by atoms with Crippen molar-refractivity contribution in [3.63, 3.8) is 0 Å². The number of rotatable bonds is 6. The molecule has 1 unspecified atom stereocenters. The highest BCUT2D eigenvalue weighted by Crippen LogP contribution is 2.25. The Labute approximate surface area is 103 Å². The second-order valence-corrected chi connectivity index (χ2v) is 4.83. The van der Waals surface area contributed by atoms with Crippen molar-refractivity contribution in [2.24, 2.45) is 5.92 Å². The Kier molecular flexibility index (Phi) is 4.75. The highest BCUT2D eigenvalue weighted by Gasteiger charge is 2.21. The number of ketones is 1. The summed E-state index contributed by atoms with van der Waals surface area (Å²) in [4.78, 5) is 11.1. The minimum atomic E-state index is 0.445. The highest BCUT2D eigenvalue weighted by atomic mass is 16.5. The van der Waals surface area contributed by atoms with Gasteiger partial charge >= 0.3 is 0 Å².